The Labute approximate surface area is 178 Å². The summed E-state index contributed by atoms with van der Waals surface area (Å²) in [5.74, 6) is 1.54. The summed E-state index contributed by atoms with van der Waals surface area (Å²) in [6, 6.07) is 24.1. The predicted molar refractivity (Wildman–Crippen MR) is 119 cm³/mol. The Morgan fingerprint density at radius 3 is 2.03 bits per heavy atom. The molecule has 4 rings (SSSR count). The quantitative estimate of drug-likeness (QED) is 0.601. The monoisotopic (exact) mass is 402 g/mol. The molecule has 0 saturated carbocycles. The van der Waals surface area contributed by atoms with Crippen LogP contribution in [0.4, 0.5) is 0 Å². The first-order valence-electron chi connectivity index (χ1n) is 10.9. The van der Waals surface area contributed by atoms with Crippen molar-refractivity contribution in [2.24, 2.45) is 0 Å². The third kappa shape index (κ3) is 4.82. The normalized spacial score (nSPS) is 15.8. The van der Waals surface area contributed by atoms with Crippen molar-refractivity contribution in [1.82, 2.24) is 10.2 Å². The molecule has 3 aromatic rings. The summed E-state index contributed by atoms with van der Waals surface area (Å²) in [5, 5.41) is 3.24. The number of amides is 1. The van der Waals surface area contributed by atoms with Crippen molar-refractivity contribution in [1.29, 1.82) is 0 Å². The van der Waals surface area contributed by atoms with Crippen LogP contribution in [0.25, 0.3) is 0 Å². The number of carbonyl (C=O) groups excluding carboxylic acids is 1. The van der Waals surface area contributed by atoms with Crippen molar-refractivity contribution < 1.29 is 9.21 Å². The van der Waals surface area contributed by atoms with E-state index in [1.807, 2.05) is 79.7 Å². The van der Waals surface area contributed by atoms with Gasteiger partial charge in [0.2, 0.25) is 5.91 Å². The maximum absolute atomic E-state index is 13.4. The van der Waals surface area contributed by atoms with Gasteiger partial charge in [-0.15, -0.1) is 0 Å². The Morgan fingerprint density at radius 1 is 0.900 bits per heavy atom. The third-order valence-electron chi connectivity index (χ3n) is 5.92. The number of nitrogens with one attached hydrogen (secondary N) is 1. The Morgan fingerprint density at radius 2 is 1.50 bits per heavy atom. The van der Waals surface area contributed by atoms with Gasteiger partial charge >= 0.3 is 0 Å². The molecule has 1 aliphatic rings. The van der Waals surface area contributed by atoms with Crippen molar-refractivity contribution in [3.8, 4) is 0 Å². The summed E-state index contributed by atoms with van der Waals surface area (Å²) >= 11 is 0. The standard InChI is InChI=1S/C26H30N2O2/c1-20-15-16-24(30-20)23(28-17-9-4-10-18-28)19-27-26(29)25(21-11-5-2-6-12-21)22-13-7-3-8-14-22/h2-3,5-8,11-16,23,25H,4,9-10,17-19H2,1H3,(H,27,29)/t23-/m0/s1. The topological polar surface area (TPSA) is 45.5 Å². The largest absolute Gasteiger partial charge is 0.465 e. The van der Waals surface area contributed by atoms with Crippen LogP contribution in [-0.2, 0) is 4.79 Å². The number of hydrogen-bond donors (Lipinski definition) is 1. The van der Waals surface area contributed by atoms with Crippen LogP contribution in [0.1, 0.15) is 53.9 Å². The van der Waals surface area contributed by atoms with E-state index in [9.17, 15) is 4.79 Å². The molecule has 1 aliphatic heterocycles. The van der Waals surface area contributed by atoms with E-state index in [0.717, 1.165) is 35.7 Å². The van der Waals surface area contributed by atoms with Gasteiger partial charge in [-0.25, -0.2) is 0 Å². The SMILES string of the molecule is Cc1ccc([C@H](CNC(=O)C(c2ccccc2)c2ccccc2)N2CCCCC2)o1. The van der Waals surface area contributed by atoms with Gasteiger partial charge in [0.05, 0.1) is 12.0 Å². The molecule has 0 aliphatic carbocycles. The maximum atomic E-state index is 13.4. The molecule has 1 N–H and O–H groups in total. The number of hydrogen-bond acceptors (Lipinski definition) is 3. The van der Waals surface area contributed by atoms with Gasteiger partial charge in [0.25, 0.3) is 0 Å². The molecule has 4 heteroatoms. The molecule has 156 valence electrons. The molecule has 0 radical (unpaired) electrons. The average molecular weight is 403 g/mol. The minimum absolute atomic E-state index is 0.0256. The zero-order chi connectivity index (χ0) is 20.8. The van der Waals surface area contributed by atoms with Crippen molar-refractivity contribution in [3.05, 3.63) is 95.4 Å². The first-order chi connectivity index (χ1) is 14.7. The molecule has 0 unspecified atom stereocenters. The molecule has 30 heavy (non-hydrogen) atoms. The summed E-state index contributed by atoms with van der Waals surface area (Å²) < 4.78 is 5.97. The second-order valence-corrected chi connectivity index (χ2v) is 8.06. The lowest BCUT2D eigenvalue weighted by atomic mass is 9.90. The summed E-state index contributed by atoms with van der Waals surface area (Å²) in [7, 11) is 0. The lowest BCUT2D eigenvalue weighted by Gasteiger charge is -2.33. The fourth-order valence-corrected chi connectivity index (χ4v) is 4.36. The second kappa shape index (κ2) is 9.77. The second-order valence-electron chi connectivity index (χ2n) is 8.06. The van der Waals surface area contributed by atoms with Gasteiger partial charge in [0, 0.05) is 6.54 Å². The van der Waals surface area contributed by atoms with Gasteiger partial charge in [-0.1, -0.05) is 67.1 Å². The van der Waals surface area contributed by atoms with E-state index in [-0.39, 0.29) is 17.9 Å². The van der Waals surface area contributed by atoms with Gasteiger partial charge < -0.3 is 9.73 Å². The molecular formula is C26H30N2O2. The Kier molecular flexibility index (Phi) is 6.65. The number of furan rings is 1. The molecule has 1 amide bonds. The summed E-state index contributed by atoms with van der Waals surface area (Å²) in [6.45, 7) is 4.60. The summed E-state index contributed by atoms with van der Waals surface area (Å²) in [5.41, 5.74) is 2.01. The minimum atomic E-state index is -0.326. The lowest BCUT2D eigenvalue weighted by Crippen LogP contribution is -2.41. The molecule has 0 bridgehead atoms. The first kappa shape index (κ1) is 20.4. The summed E-state index contributed by atoms with van der Waals surface area (Å²) in [4.78, 5) is 15.9. The number of rotatable bonds is 7. The number of benzene rings is 2. The maximum Gasteiger partial charge on any atom is 0.232 e. The van der Waals surface area contributed by atoms with Crippen LogP contribution >= 0.6 is 0 Å². The number of carbonyl (C=O) groups is 1. The molecule has 1 saturated heterocycles. The molecule has 0 spiro atoms. The van der Waals surface area contributed by atoms with Gasteiger partial charge in [-0.3, -0.25) is 9.69 Å². The van der Waals surface area contributed by atoms with E-state index in [4.69, 9.17) is 4.42 Å². The molecule has 1 aromatic heterocycles. The fourth-order valence-electron chi connectivity index (χ4n) is 4.36. The predicted octanol–water partition coefficient (Wildman–Crippen LogP) is 5.06. The molecule has 1 atom stereocenters. The highest BCUT2D eigenvalue weighted by Gasteiger charge is 2.28. The molecular weight excluding hydrogens is 372 g/mol. The number of aryl methyl sites for hydroxylation is 1. The van der Waals surface area contributed by atoms with Crippen molar-refractivity contribution in [2.75, 3.05) is 19.6 Å². The minimum Gasteiger partial charge on any atom is -0.465 e. The number of piperidine rings is 1. The molecule has 1 fully saturated rings. The van der Waals surface area contributed by atoms with Gasteiger partial charge in [-0.2, -0.15) is 0 Å². The van der Waals surface area contributed by atoms with Crippen molar-refractivity contribution in [3.63, 3.8) is 0 Å². The van der Waals surface area contributed by atoms with Crippen molar-refractivity contribution >= 4 is 5.91 Å². The zero-order valence-electron chi connectivity index (χ0n) is 17.6. The van der Waals surface area contributed by atoms with Crippen LogP contribution in [0.2, 0.25) is 0 Å². The van der Waals surface area contributed by atoms with E-state index in [1.54, 1.807) is 0 Å². The average Bonchev–Trinajstić information content (AvgIpc) is 3.22. The van der Waals surface area contributed by atoms with Crippen LogP contribution in [0.15, 0.2) is 77.2 Å². The van der Waals surface area contributed by atoms with Crippen LogP contribution in [-0.4, -0.2) is 30.4 Å². The van der Waals surface area contributed by atoms with E-state index in [0.29, 0.717) is 6.54 Å². The highest BCUT2D eigenvalue weighted by Crippen LogP contribution is 2.28. The van der Waals surface area contributed by atoms with E-state index in [1.165, 1.54) is 19.3 Å². The highest BCUT2D eigenvalue weighted by molar-refractivity contribution is 5.87. The van der Waals surface area contributed by atoms with Gasteiger partial charge in [-0.05, 0) is 56.1 Å². The molecule has 2 heterocycles. The highest BCUT2D eigenvalue weighted by atomic mass is 16.3. The van der Waals surface area contributed by atoms with Gasteiger partial charge in [0.1, 0.15) is 11.5 Å². The van der Waals surface area contributed by atoms with Crippen LogP contribution in [0.5, 0.6) is 0 Å². The van der Waals surface area contributed by atoms with Crippen LogP contribution in [0.3, 0.4) is 0 Å². The third-order valence-corrected chi connectivity index (χ3v) is 5.92. The number of nitrogens with zero attached hydrogens (tertiary/aromatic N) is 1. The van der Waals surface area contributed by atoms with E-state index < -0.39 is 0 Å². The van der Waals surface area contributed by atoms with E-state index >= 15 is 0 Å². The fraction of sp³-hybridized carbons (Fsp3) is 0.346. The van der Waals surface area contributed by atoms with Gasteiger partial charge in [0.15, 0.2) is 0 Å². The van der Waals surface area contributed by atoms with Crippen molar-refractivity contribution in [2.45, 2.75) is 38.1 Å². The van der Waals surface area contributed by atoms with Crippen LogP contribution < -0.4 is 5.32 Å². The Bertz CT molecular complexity index is 890. The summed E-state index contributed by atoms with van der Waals surface area (Å²) in [6.07, 6.45) is 3.67. The Balaban J connectivity index is 1.54. The van der Waals surface area contributed by atoms with Crippen LogP contribution in [0, 0.1) is 6.92 Å². The smallest absolute Gasteiger partial charge is 0.232 e. The lowest BCUT2D eigenvalue weighted by molar-refractivity contribution is -0.122. The van der Waals surface area contributed by atoms with E-state index in [2.05, 4.69) is 10.2 Å². The molecule has 4 nitrogen and oxygen atoms in total. The first-order valence-corrected chi connectivity index (χ1v) is 10.9. The Hall–Kier alpha value is -2.85. The number of likely N-dealkylation sites (tertiary alicyclic amines) is 1. The molecule has 2 aromatic carbocycles. The zero-order valence-corrected chi connectivity index (χ0v) is 17.6.